The molecule has 5 rings (SSSR count). The van der Waals surface area contributed by atoms with Crippen molar-refractivity contribution in [2.24, 2.45) is 0 Å². The van der Waals surface area contributed by atoms with Gasteiger partial charge >= 0.3 is 0 Å². The van der Waals surface area contributed by atoms with Crippen LogP contribution < -0.4 is 0 Å². The standard InChI is InChI=1S/C37H52N4/c1-9-34(10-2)26-18-17-19-27(38-26)35(11-3,12-4)29-21-23-31(40-29)37(15-7,16-8)33-25-24-32(41-33)36(13-5,14-6)30-22-20-28(34)39-30/h17-25,39-41H,9-16H2,1-8H3. The second kappa shape index (κ2) is 11.0. The lowest BCUT2D eigenvalue weighted by molar-refractivity contribution is 0.411. The Labute approximate surface area is 248 Å². The van der Waals surface area contributed by atoms with E-state index in [2.05, 4.69) is 125 Å². The van der Waals surface area contributed by atoms with Crippen LogP contribution in [0.25, 0.3) is 0 Å². The molecule has 4 nitrogen and oxygen atoms in total. The maximum absolute atomic E-state index is 5.58. The van der Waals surface area contributed by atoms with Gasteiger partial charge in [-0.25, -0.2) is 0 Å². The van der Waals surface area contributed by atoms with Crippen LogP contribution in [0.1, 0.15) is 152 Å². The zero-order valence-electron chi connectivity index (χ0n) is 26.8. The number of rotatable bonds is 8. The van der Waals surface area contributed by atoms with Gasteiger partial charge in [-0.1, -0.05) is 61.5 Å². The Morgan fingerprint density at radius 3 is 0.878 bits per heavy atom. The number of hydrogen-bond acceptors (Lipinski definition) is 1. The molecule has 4 aromatic heterocycles. The number of pyridine rings is 1. The van der Waals surface area contributed by atoms with Gasteiger partial charge in [0.25, 0.3) is 0 Å². The maximum atomic E-state index is 5.58. The van der Waals surface area contributed by atoms with Gasteiger partial charge in [0.1, 0.15) is 0 Å². The predicted octanol–water partition coefficient (Wildman–Crippen LogP) is 9.80. The summed E-state index contributed by atoms with van der Waals surface area (Å²) in [4.78, 5) is 17.6. The fourth-order valence-electron chi connectivity index (χ4n) is 8.40. The summed E-state index contributed by atoms with van der Waals surface area (Å²) in [6.45, 7) is 18.6. The summed E-state index contributed by atoms with van der Waals surface area (Å²) < 4.78 is 0. The first-order valence-corrected chi connectivity index (χ1v) is 16.4. The van der Waals surface area contributed by atoms with Crippen molar-refractivity contribution in [2.45, 2.75) is 128 Å². The van der Waals surface area contributed by atoms with Gasteiger partial charge in [-0.15, -0.1) is 0 Å². The molecule has 220 valence electrons. The number of hydrogen-bond donors (Lipinski definition) is 3. The van der Waals surface area contributed by atoms with E-state index >= 15 is 0 Å². The van der Waals surface area contributed by atoms with Crippen molar-refractivity contribution in [3.05, 3.63) is 100 Å². The summed E-state index contributed by atoms with van der Waals surface area (Å²) in [5.41, 5.74) is 9.58. The van der Waals surface area contributed by atoms with Gasteiger partial charge in [0, 0.05) is 45.0 Å². The first-order valence-electron chi connectivity index (χ1n) is 16.4. The van der Waals surface area contributed by atoms with E-state index in [-0.39, 0.29) is 21.7 Å². The molecular formula is C37H52N4. The van der Waals surface area contributed by atoms with Gasteiger partial charge in [-0.05, 0) is 99.9 Å². The van der Waals surface area contributed by atoms with Gasteiger partial charge in [-0.3, -0.25) is 4.98 Å². The zero-order chi connectivity index (χ0) is 29.5. The summed E-state index contributed by atoms with van der Waals surface area (Å²) in [5, 5.41) is 0. The molecule has 0 aliphatic carbocycles. The maximum Gasteiger partial charge on any atom is 0.0527 e. The molecule has 4 aromatic rings. The van der Waals surface area contributed by atoms with E-state index in [9.17, 15) is 0 Å². The minimum atomic E-state index is -0.173. The molecule has 0 aromatic carbocycles. The van der Waals surface area contributed by atoms with E-state index in [1.165, 1.54) is 45.6 Å². The van der Waals surface area contributed by atoms with E-state index in [0.717, 1.165) is 51.4 Å². The molecule has 0 unspecified atom stereocenters. The van der Waals surface area contributed by atoms with Gasteiger partial charge < -0.3 is 15.0 Å². The number of nitrogens with zero attached hydrogens (tertiary/aromatic N) is 1. The number of fused-ring (bicyclic) bond motifs is 8. The number of nitrogens with one attached hydrogen (secondary N) is 3. The third kappa shape index (κ3) is 4.03. The van der Waals surface area contributed by atoms with Crippen LogP contribution in [-0.2, 0) is 21.7 Å². The Balaban J connectivity index is 1.88. The van der Waals surface area contributed by atoms with Crippen molar-refractivity contribution in [1.82, 2.24) is 19.9 Å². The van der Waals surface area contributed by atoms with Crippen LogP contribution in [0.15, 0.2) is 54.6 Å². The molecule has 0 fully saturated rings. The summed E-state index contributed by atoms with van der Waals surface area (Å²) >= 11 is 0. The van der Waals surface area contributed by atoms with E-state index in [1.54, 1.807) is 0 Å². The van der Waals surface area contributed by atoms with Gasteiger partial charge in [0.2, 0.25) is 0 Å². The van der Waals surface area contributed by atoms with Crippen LogP contribution in [0.4, 0.5) is 0 Å². The number of H-pyrrole nitrogens is 3. The molecule has 8 bridgehead atoms. The number of aromatic nitrogens is 4. The molecule has 0 amide bonds. The van der Waals surface area contributed by atoms with Crippen molar-refractivity contribution in [3.63, 3.8) is 0 Å². The number of aromatic amines is 3. The highest BCUT2D eigenvalue weighted by Crippen LogP contribution is 2.47. The van der Waals surface area contributed by atoms with Gasteiger partial charge in [-0.2, -0.15) is 0 Å². The Bertz CT molecular complexity index is 1340. The molecular weight excluding hydrogens is 500 g/mol. The lowest BCUT2D eigenvalue weighted by Crippen LogP contribution is -2.34. The van der Waals surface area contributed by atoms with Gasteiger partial charge in [0.05, 0.1) is 22.2 Å². The third-order valence-corrected chi connectivity index (χ3v) is 11.7. The molecule has 4 heteroatoms. The lowest BCUT2D eigenvalue weighted by Gasteiger charge is -2.36. The van der Waals surface area contributed by atoms with Crippen LogP contribution in [0.3, 0.4) is 0 Å². The van der Waals surface area contributed by atoms with Crippen LogP contribution >= 0.6 is 0 Å². The topological polar surface area (TPSA) is 60.3 Å². The first kappa shape index (κ1) is 29.5. The fraction of sp³-hybridized carbons (Fsp3) is 0.541. The van der Waals surface area contributed by atoms with Crippen molar-refractivity contribution in [3.8, 4) is 0 Å². The summed E-state index contributed by atoms with van der Waals surface area (Å²) in [7, 11) is 0. The second-order valence-corrected chi connectivity index (χ2v) is 12.4. The van der Waals surface area contributed by atoms with Crippen molar-refractivity contribution < 1.29 is 0 Å². The molecule has 0 radical (unpaired) electrons. The monoisotopic (exact) mass is 552 g/mol. The Morgan fingerprint density at radius 2 is 0.634 bits per heavy atom. The Hall–Kier alpha value is -3.01. The third-order valence-electron chi connectivity index (χ3n) is 11.7. The van der Waals surface area contributed by atoms with E-state index in [1.807, 2.05) is 0 Å². The van der Waals surface area contributed by atoms with Crippen molar-refractivity contribution in [1.29, 1.82) is 0 Å². The molecule has 1 aliphatic heterocycles. The average Bonchev–Trinajstić information content (AvgIpc) is 3.81. The first-order chi connectivity index (χ1) is 19.8. The largest absolute Gasteiger partial charge is 0.361 e. The highest BCUT2D eigenvalue weighted by atomic mass is 14.9. The minimum absolute atomic E-state index is 0.107. The molecule has 0 atom stereocenters. The van der Waals surface area contributed by atoms with Crippen molar-refractivity contribution >= 4 is 0 Å². The van der Waals surface area contributed by atoms with Crippen LogP contribution in [0, 0.1) is 0 Å². The summed E-state index contributed by atoms with van der Waals surface area (Å²) in [6.07, 6.45) is 8.06. The van der Waals surface area contributed by atoms with Crippen LogP contribution in [0.5, 0.6) is 0 Å². The van der Waals surface area contributed by atoms with E-state index < -0.39 is 0 Å². The molecule has 3 N–H and O–H groups in total. The minimum Gasteiger partial charge on any atom is -0.361 e. The molecule has 0 spiro atoms. The summed E-state index contributed by atoms with van der Waals surface area (Å²) in [5.74, 6) is 0. The smallest absolute Gasteiger partial charge is 0.0527 e. The van der Waals surface area contributed by atoms with Gasteiger partial charge in [0.15, 0.2) is 0 Å². The SMILES string of the molecule is CCC1(CC)c2cccc(n2)C(CC)(CC)c2ccc([nH]2)C(CC)(CC)c2ccc([nH]2)C(CC)(CC)c2ccc1[nH]2. The van der Waals surface area contributed by atoms with Crippen molar-refractivity contribution in [2.75, 3.05) is 0 Å². The second-order valence-electron chi connectivity index (χ2n) is 12.4. The molecule has 0 saturated heterocycles. The predicted molar refractivity (Wildman–Crippen MR) is 172 cm³/mol. The molecule has 41 heavy (non-hydrogen) atoms. The lowest BCUT2D eigenvalue weighted by atomic mass is 9.73. The summed E-state index contributed by atoms with van der Waals surface area (Å²) in [6, 6.07) is 20.9. The quantitative estimate of drug-likeness (QED) is 0.200. The van der Waals surface area contributed by atoms with Crippen LogP contribution in [-0.4, -0.2) is 19.9 Å². The molecule has 0 saturated carbocycles. The highest BCUT2D eigenvalue weighted by Gasteiger charge is 2.42. The molecule has 1 aliphatic rings. The normalized spacial score (nSPS) is 18.3. The fourth-order valence-corrected chi connectivity index (χ4v) is 8.40. The Morgan fingerprint density at radius 1 is 0.390 bits per heavy atom. The van der Waals surface area contributed by atoms with Crippen LogP contribution in [0.2, 0.25) is 0 Å². The molecule has 5 heterocycles. The Kier molecular flexibility index (Phi) is 7.91. The van der Waals surface area contributed by atoms with E-state index in [4.69, 9.17) is 4.98 Å². The van der Waals surface area contributed by atoms with E-state index in [0.29, 0.717) is 0 Å². The average molecular weight is 553 g/mol. The zero-order valence-corrected chi connectivity index (χ0v) is 26.8. The highest BCUT2D eigenvalue weighted by molar-refractivity contribution is 5.44.